The molecule has 2 aromatic rings. The number of rotatable bonds is 7. The number of hydrogen-bond acceptors (Lipinski definition) is 4. The summed E-state index contributed by atoms with van der Waals surface area (Å²) < 4.78 is 6.94. The number of allylic oxidation sites excluding steroid dienone is 1. The Balaban J connectivity index is 1.44. The highest BCUT2D eigenvalue weighted by Gasteiger charge is 2.11. The van der Waals surface area contributed by atoms with Gasteiger partial charge in [0.15, 0.2) is 6.61 Å². The van der Waals surface area contributed by atoms with Crippen LogP contribution in [0.25, 0.3) is 5.69 Å². The van der Waals surface area contributed by atoms with Crippen LogP contribution in [0.3, 0.4) is 0 Å². The Labute approximate surface area is 165 Å². The first-order valence-electron chi connectivity index (χ1n) is 9.78. The van der Waals surface area contributed by atoms with Crippen molar-refractivity contribution in [3.63, 3.8) is 0 Å². The number of benzene rings is 1. The van der Waals surface area contributed by atoms with Gasteiger partial charge in [0, 0.05) is 12.2 Å². The van der Waals surface area contributed by atoms with Crippen LogP contribution in [0.4, 0.5) is 0 Å². The van der Waals surface area contributed by atoms with Crippen molar-refractivity contribution in [2.45, 2.75) is 46.0 Å². The van der Waals surface area contributed by atoms with E-state index in [-0.39, 0.29) is 12.5 Å². The summed E-state index contributed by atoms with van der Waals surface area (Å²) in [6, 6.07) is 8.98. The van der Waals surface area contributed by atoms with Crippen molar-refractivity contribution in [3.8, 4) is 5.69 Å². The van der Waals surface area contributed by atoms with E-state index in [1.165, 1.54) is 18.4 Å². The van der Waals surface area contributed by atoms with Gasteiger partial charge in [-0.05, 0) is 76.3 Å². The van der Waals surface area contributed by atoms with Gasteiger partial charge in [-0.25, -0.2) is 9.48 Å². The highest BCUT2D eigenvalue weighted by atomic mass is 16.5. The molecule has 1 aliphatic carbocycles. The van der Waals surface area contributed by atoms with E-state index in [0.717, 1.165) is 36.3 Å². The number of esters is 1. The lowest BCUT2D eigenvalue weighted by Crippen LogP contribution is -2.29. The minimum Gasteiger partial charge on any atom is -0.452 e. The van der Waals surface area contributed by atoms with Crippen LogP contribution < -0.4 is 5.32 Å². The number of carbonyl (C=O) groups is 2. The zero-order chi connectivity index (χ0) is 19.9. The maximum absolute atomic E-state index is 12.2. The number of aromatic nitrogens is 2. The van der Waals surface area contributed by atoms with E-state index in [1.807, 2.05) is 36.7 Å². The molecule has 0 aliphatic heterocycles. The first-order chi connectivity index (χ1) is 13.5. The number of nitrogens with one attached hydrogen (secondary N) is 1. The SMILES string of the molecule is Cc1cc(C)n(-c2ccc(C(=O)OCC(=O)NCCC3=CCCCC3)cc2)n1. The second-order valence-electron chi connectivity index (χ2n) is 7.17. The second-order valence-corrected chi connectivity index (χ2v) is 7.17. The van der Waals surface area contributed by atoms with E-state index in [0.29, 0.717) is 12.1 Å². The molecular weight excluding hydrogens is 354 g/mol. The van der Waals surface area contributed by atoms with Crippen molar-refractivity contribution in [1.29, 1.82) is 0 Å². The largest absolute Gasteiger partial charge is 0.452 e. The molecule has 0 unspecified atom stereocenters. The van der Waals surface area contributed by atoms with Gasteiger partial charge in [-0.2, -0.15) is 5.10 Å². The van der Waals surface area contributed by atoms with Gasteiger partial charge in [-0.15, -0.1) is 0 Å². The first-order valence-corrected chi connectivity index (χ1v) is 9.78. The molecule has 0 radical (unpaired) electrons. The average molecular weight is 381 g/mol. The third-order valence-corrected chi connectivity index (χ3v) is 4.84. The molecule has 148 valence electrons. The van der Waals surface area contributed by atoms with E-state index in [1.54, 1.807) is 12.1 Å². The number of carbonyl (C=O) groups excluding carboxylic acids is 2. The lowest BCUT2D eigenvalue weighted by Gasteiger charge is -2.13. The Morgan fingerprint density at radius 1 is 1.18 bits per heavy atom. The van der Waals surface area contributed by atoms with E-state index >= 15 is 0 Å². The molecule has 0 atom stereocenters. The molecule has 1 heterocycles. The maximum atomic E-state index is 12.2. The molecule has 0 bridgehead atoms. The first kappa shape index (κ1) is 19.9. The summed E-state index contributed by atoms with van der Waals surface area (Å²) in [5, 5.41) is 7.23. The predicted molar refractivity (Wildman–Crippen MR) is 107 cm³/mol. The standard InChI is InChI=1S/C22H27N3O3/c1-16-14-17(2)25(24-16)20-10-8-19(9-11-20)22(27)28-15-21(26)23-13-12-18-6-4-3-5-7-18/h6,8-11,14H,3-5,7,12-13,15H2,1-2H3,(H,23,26). The Bertz CT molecular complexity index is 866. The topological polar surface area (TPSA) is 73.2 Å². The van der Waals surface area contributed by atoms with Crippen LogP contribution in [0.5, 0.6) is 0 Å². The molecule has 1 aromatic carbocycles. The fraction of sp³-hybridized carbons (Fsp3) is 0.409. The molecule has 6 heteroatoms. The maximum Gasteiger partial charge on any atom is 0.338 e. The van der Waals surface area contributed by atoms with Crippen molar-refractivity contribution < 1.29 is 14.3 Å². The van der Waals surface area contributed by atoms with E-state index in [2.05, 4.69) is 16.5 Å². The summed E-state index contributed by atoms with van der Waals surface area (Å²) in [4.78, 5) is 24.0. The predicted octanol–water partition coefficient (Wildman–Crippen LogP) is 3.65. The van der Waals surface area contributed by atoms with Crippen LogP contribution in [0.2, 0.25) is 0 Å². The monoisotopic (exact) mass is 381 g/mol. The molecule has 1 aromatic heterocycles. The van der Waals surface area contributed by atoms with Crippen LogP contribution in [-0.2, 0) is 9.53 Å². The third kappa shape index (κ3) is 5.31. The van der Waals surface area contributed by atoms with E-state index in [4.69, 9.17) is 4.74 Å². The molecule has 6 nitrogen and oxygen atoms in total. The average Bonchev–Trinajstić information content (AvgIpc) is 3.05. The van der Waals surface area contributed by atoms with Gasteiger partial charge in [0.05, 0.1) is 16.9 Å². The smallest absolute Gasteiger partial charge is 0.338 e. The van der Waals surface area contributed by atoms with Crippen LogP contribution in [-0.4, -0.2) is 34.8 Å². The van der Waals surface area contributed by atoms with Crippen LogP contribution in [0.15, 0.2) is 42.0 Å². The summed E-state index contributed by atoms with van der Waals surface area (Å²) in [6.45, 7) is 4.23. The molecule has 1 N–H and O–H groups in total. The van der Waals surface area contributed by atoms with Gasteiger partial charge in [-0.3, -0.25) is 4.79 Å². The Kier molecular flexibility index (Phi) is 6.63. The quantitative estimate of drug-likeness (QED) is 0.587. The van der Waals surface area contributed by atoms with Gasteiger partial charge in [0.1, 0.15) is 0 Å². The molecule has 0 saturated heterocycles. The summed E-state index contributed by atoms with van der Waals surface area (Å²) in [6.07, 6.45) is 7.89. The van der Waals surface area contributed by atoms with Gasteiger partial charge in [0.25, 0.3) is 5.91 Å². The third-order valence-electron chi connectivity index (χ3n) is 4.84. The fourth-order valence-electron chi connectivity index (χ4n) is 3.39. The Morgan fingerprint density at radius 3 is 2.61 bits per heavy atom. The van der Waals surface area contributed by atoms with Crippen LogP contribution in [0, 0.1) is 13.8 Å². The number of amides is 1. The molecule has 1 aliphatic rings. The molecule has 0 fully saturated rings. The number of hydrogen-bond donors (Lipinski definition) is 1. The molecule has 28 heavy (non-hydrogen) atoms. The molecular formula is C22H27N3O3. The molecule has 0 spiro atoms. The minimum atomic E-state index is -0.509. The highest BCUT2D eigenvalue weighted by Crippen LogP contribution is 2.19. The van der Waals surface area contributed by atoms with E-state index < -0.39 is 5.97 Å². The summed E-state index contributed by atoms with van der Waals surface area (Å²) in [5.41, 5.74) is 4.65. The highest BCUT2D eigenvalue weighted by molar-refractivity contribution is 5.91. The summed E-state index contributed by atoms with van der Waals surface area (Å²) in [7, 11) is 0. The lowest BCUT2D eigenvalue weighted by atomic mass is 9.97. The summed E-state index contributed by atoms with van der Waals surface area (Å²) in [5.74, 6) is -0.783. The number of nitrogens with zero attached hydrogens (tertiary/aromatic N) is 2. The minimum absolute atomic E-state index is 0.267. The van der Waals surface area contributed by atoms with Crippen LogP contribution >= 0.6 is 0 Å². The normalized spacial score (nSPS) is 13.7. The zero-order valence-electron chi connectivity index (χ0n) is 16.5. The van der Waals surface area contributed by atoms with Crippen LogP contribution in [0.1, 0.15) is 53.8 Å². The van der Waals surface area contributed by atoms with Crippen molar-refractivity contribution in [2.75, 3.05) is 13.2 Å². The number of ether oxygens (including phenoxy) is 1. The Morgan fingerprint density at radius 2 is 1.96 bits per heavy atom. The second kappa shape index (κ2) is 9.35. The van der Waals surface area contributed by atoms with Crippen molar-refractivity contribution >= 4 is 11.9 Å². The van der Waals surface area contributed by atoms with Gasteiger partial charge in [0.2, 0.25) is 0 Å². The molecule has 0 saturated carbocycles. The fourth-order valence-corrected chi connectivity index (χ4v) is 3.39. The molecule has 3 rings (SSSR count). The zero-order valence-corrected chi connectivity index (χ0v) is 16.5. The van der Waals surface area contributed by atoms with Gasteiger partial charge in [-0.1, -0.05) is 11.6 Å². The van der Waals surface area contributed by atoms with Gasteiger partial charge >= 0.3 is 5.97 Å². The van der Waals surface area contributed by atoms with E-state index in [9.17, 15) is 9.59 Å². The van der Waals surface area contributed by atoms with Gasteiger partial charge < -0.3 is 10.1 Å². The number of aryl methyl sites for hydroxylation is 2. The Hall–Kier alpha value is -2.89. The van der Waals surface area contributed by atoms with Crippen molar-refractivity contribution in [3.05, 3.63) is 58.9 Å². The van der Waals surface area contributed by atoms with Crippen molar-refractivity contribution in [2.24, 2.45) is 0 Å². The molecule has 1 amide bonds. The lowest BCUT2D eigenvalue weighted by molar-refractivity contribution is -0.124. The van der Waals surface area contributed by atoms with Crippen molar-refractivity contribution in [1.82, 2.24) is 15.1 Å². The summed E-state index contributed by atoms with van der Waals surface area (Å²) >= 11 is 0.